The van der Waals surface area contributed by atoms with Gasteiger partial charge < -0.3 is 14.8 Å². The normalized spacial score (nSPS) is 12.7. The van der Waals surface area contributed by atoms with Crippen molar-refractivity contribution < 1.29 is 13.9 Å². The summed E-state index contributed by atoms with van der Waals surface area (Å²) in [5.41, 5.74) is 1.53. The lowest BCUT2D eigenvalue weighted by molar-refractivity contribution is 0.173. The first-order valence-electron chi connectivity index (χ1n) is 6.26. The van der Waals surface area contributed by atoms with Crippen LogP contribution in [0.5, 0.6) is 11.5 Å². The molecule has 0 spiro atoms. The van der Waals surface area contributed by atoms with Crippen LogP contribution in [0.15, 0.2) is 36.4 Å². The van der Waals surface area contributed by atoms with Gasteiger partial charge >= 0.3 is 0 Å². The van der Waals surface area contributed by atoms with Crippen LogP contribution in [-0.4, -0.2) is 6.79 Å². The van der Waals surface area contributed by atoms with Crippen LogP contribution < -0.4 is 14.8 Å². The van der Waals surface area contributed by atoms with Gasteiger partial charge in [0.2, 0.25) is 6.79 Å². The number of hydrogen-bond donors (Lipinski definition) is 1. The summed E-state index contributed by atoms with van der Waals surface area (Å²) >= 11 is 5.86. The van der Waals surface area contributed by atoms with Crippen molar-refractivity contribution in [2.75, 3.05) is 6.79 Å². The van der Waals surface area contributed by atoms with E-state index in [1.807, 2.05) is 18.2 Å². The Hall–Kier alpha value is -1.78. The number of hydrogen-bond acceptors (Lipinski definition) is 3. The summed E-state index contributed by atoms with van der Waals surface area (Å²) in [6, 6.07) is 10.3. The Kier molecular flexibility index (Phi) is 3.76. The van der Waals surface area contributed by atoms with Gasteiger partial charge in [-0.25, -0.2) is 4.39 Å². The molecule has 0 aromatic heterocycles. The largest absolute Gasteiger partial charge is 0.454 e. The minimum atomic E-state index is -0.264. The van der Waals surface area contributed by atoms with E-state index in [9.17, 15) is 4.39 Å². The van der Waals surface area contributed by atoms with Gasteiger partial charge in [0.25, 0.3) is 0 Å². The fourth-order valence-electron chi connectivity index (χ4n) is 2.14. The van der Waals surface area contributed by atoms with Crippen molar-refractivity contribution >= 4 is 11.6 Å². The van der Waals surface area contributed by atoms with Crippen LogP contribution in [0.4, 0.5) is 4.39 Å². The van der Waals surface area contributed by atoms with Crippen molar-refractivity contribution in [2.45, 2.75) is 13.1 Å². The topological polar surface area (TPSA) is 30.5 Å². The number of ether oxygens (including phenoxy) is 2. The van der Waals surface area contributed by atoms with E-state index in [1.54, 1.807) is 6.07 Å². The molecule has 0 atom stereocenters. The van der Waals surface area contributed by atoms with Crippen LogP contribution in [0.25, 0.3) is 0 Å². The molecule has 2 aromatic carbocycles. The quantitative estimate of drug-likeness (QED) is 0.936. The van der Waals surface area contributed by atoms with Gasteiger partial charge in [-0.15, -0.1) is 0 Å². The van der Waals surface area contributed by atoms with Crippen molar-refractivity contribution in [1.82, 2.24) is 5.32 Å². The standard InChI is InChI=1S/C15H13ClFNO2/c16-12-4-5-13(17)11(6-12)8-18-7-10-2-1-3-14-15(10)20-9-19-14/h1-6,18H,7-9H2. The average molecular weight is 294 g/mol. The summed E-state index contributed by atoms with van der Waals surface area (Å²) in [5, 5.41) is 3.71. The van der Waals surface area contributed by atoms with Gasteiger partial charge in [0.1, 0.15) is 5.82 Å². The Labute approximate surface area is 121 Å². The van der Waals surface area contributed by atoms with E-state index in [0.717, 1.165) is 17.1 Å². The highest BCUT2D eigenvalue weighted by Crippen LogP contribution is 2.35. The Morgan fingerprint density at radius 3 is 2.85 bits per heavy atom. The zero-order chi connectivity index (χ0) is 13.9. The van der Waals surface area contributed by atoms with Crippen LogP contribution >= 0.6 is 11.6 Å². The monoisotopic (exact) mass is 293 g/mol. The molecule has 1 N–H and O–H groups in total. The van der Waals surface area contributed by atoms with E-state index in [1.165, 1.54) is 12.1 Å². The molecule has 5 heteroatoms. The first-order chi connectivity index (χ1) is 9.74. The van der Waals surface area contributed by atoms with Crippen molar-refractivity contribution in [3.8, 4) is 11.5 Å². The lowest BCUT2D eigenvalue weighted by Gasteiger charge is -2.08. The Morgan fingerprint density at radius 2 is 1.95 bits per heavy atom. The van der Waals surface area contributed by atoms with Crippen LogP contribution in [-0.2, 0) is 13.1 Å². The van der Waals surface area contributed by atoms with E-state index in [-0.39, 0.29) is 12.6 Å². The maximum absolute atomic E-state index is 13.6. The van der Waals surface area contributed by atoms with Gasteiger partial charge in [-0.2, -0.15) is 0 Å². The predicted molar refractivity (Wildman–Crippen MR) is 74.5 cm³/mol. The molecule has 0 fully saturated rings. The molecule has 3 rings (SSSR count). The van der Waals surface area contributed by atoms with Gasteiger partial charge in [-0.3, -0.25) is 0 Å². The summed E-state index contributed by atoms with van der Waals surface area (Å²) in [6.07, 6.45) is 0. The van der Waals surface area contributed by atoms with Gasteiger partial charge in [0.15, 0.2) is 11.5 Å². The second kappa shape index (κ2) is 5.69. The van der Waals surface area contributed by atoms with E-state index in [2.05, 4.69) is 5.32 Å². The molecule has 2 aromatic rings. The first-order valence-corrected chi connectivity index (χ1v) is 6.64. The molecular weight excluding hydrogens is 281 g/mol. The molecule has 0 bridgehead atoms. The maximum atomic E-state index is 13.6. The highest BCUT2D eigenvalue weighted by molar-refractivity contribution is 6.30. The summed E-state index contributed by atoms with van der Waals surface area (Å²) in [5.74, 6) is 1.24. The minimum Gasteiger partial charge on any atom is -0.454 e. The van der Waals surface area contributed by atoms with E-state index in [4.69, 9.17) is 21.1 Å². The molecule has 1 aliphatic heterocycles. The molecule has 1 aliphatic rings. The molecule has 20 heavy (non-hydrogen) atoms. The number of fused-ring (bicyclic) bond motifs is 1. The number of benzene rings is 2. The lowest BCUT2D eigenvalue weighted by atomic mass is 10.1. The molecule has 0 radical (unpaired) electrons. The number of para-hydroxylation sites is 1. The molecule has 0 aliphatic carbocycles. The van der Waals surface area contributed by atoms with Crippen LogP contribution in [0.1, 0.15) is 11.1 Å². The smallest absolute Gasteiger partial charge is 0.231 e. The Morgan fingerprint density at radius 1 is 1.10 bits per heavy atom. The summed E-state index contributed by atoms with van der Waals surface area (Å²) in [4.78, 5) is 0. The summed E-state index contributed by atoms with van der Waals surface area (Å²) < 4.78 is 24.3. The van der Waals surface area contributed by atoms with E-state index in [0.29, 0.717) is 23.7 Å². The highest BCUT2D eigenvalue weighted by atomic mass is 35.5. The third-order valence-electron chi connectivity index (χ3n) is 3.12. The van der Waals surface area contributed by atoms with Crippen LogP contribution in [0.2, 0.25) is 5.02 Å². The van der Waals surface area contributed by atoms with Gasteiger partial charge in [-0.05, 0) is 24.3 Å². The second-order valence-corrected chi connectivity index (χ2v) is 4.93. The first kappa shape index (κ1) is 13.2. The molecule has 0 amide bonds. The molecule has 1 heterocycles. The van der Waals surface area contributed by atoms with Crippen molar-refractivity contribution in [3.63, 3.8) is 0 Å². The lowest BCUT2D eigenvalue weighted by Crippen LogP contribution is -2.14. The van der Waals surface area contributed by atoms with Crippen molar-refractivity contribution in [1.29, 1.82) is 0 Å². The molecule has 0 unspecified atom stereocenters. The number of halogens is 2. The van der Waals surface area contributed by atoms with Crippen molar-refractivity contribution in [3.05, 3.63) is 58.4 Å². The molecular formula is C15H13ClFNO2. The van der Waals surface area contributed by atoms with Crippen LogP contribution in [0.3, 0.4) is 0 Å². The van der Waals surface area contributed by atoms with E-state index < -0.39 is 0 Å². The van der Waals surface area contributed by atoms with Crippen LogP contribution in [0, 0.1) is 5.82 Å². The third-order valence-corrected chi connectivity index (χ3v) is 3.35. The van der Waals surface area contributed by atoms with Crippen molar-refractivity contribution in [2.24, 2.45) is 0 Å². The van der Waals surface area contributed by atoms with Gasteiger partial charge in [0.05, 0.1) is 0 Å². The SMILES string of the molecule is Fc1ccc(Cl)cc1CNCc1cccc2c1OCO2. The Balaban J connectivity index is 1.66. The molecule has 104 valence electrons. The predicted octanol–water partition coefficient (Wildman–Crippen LogP) is 3.50. The minimum absolute atomic E-state index is 0.245. The number of nitrogens with one attached hydrogen (secondary N) is 1. The zero-order valence-electron chi connectivity index (χ0n) is 10.7. The molecule has 0 saturated heterocycles. The highest BCUT2D eigenvalue weighted by Gasteiger charge is 2.16. The van der Waals surface area contributed by atoms with Gasteiger partial charge in [0, 0.05) is 29.2 Å². The zero-order valence-corrected chi connectivity index (χ0v) is 11.4. The maximum Gasteiger partial charge on any atom is 0.231 e. The fraction of sp³-hybridized carbons (Fsp3) is 0.200. The number of rotatable bonds is 4. The molecule has 3 nitrogen and oxygen atoms in total. The summed E-state index contributed by atoms with van der Waals surface area (Å²) in [6.45, 7) is 1.21. The summed E-state index contributed by atoms with van der Waals surface area (Å²) in [7, 11) is 0. The van der Waals surface area contributed by atoms with E-state index >= 15 is 0 Å². The second-order valence-electron chi connectivity index (χ2n) is 4.49. The third kappa shape index (κ3) is 2.71. The fourth-order valence-corrected chi connectivity index (χ4v) is 2.34. The Bertz CT molecular complexity index is 633. The van der Waals surface area contributed by atoms with Gasteiger partial charge in [-0.1, -0.05) is 23.7 Å². The average Bonchev–Trinajstić information content (AvgIpc) is 2.92. The molecule has 0 saturated carbocycles.